The average molecular weight is 420 g/mol. The lowest BCUT2D eigenvalue weighted by molar-refractivity contribution is -0.137. The van der Waals surface area contributed by atoms with Gasteiger partial charge in [-0.2, -0.15) is 0 Å². The molecule has 29 heavy (non-hydrogen) atoms. The van der Waals surface area contributed by atoms with Gasteiger partial charge in [-0.3, -0.25) is 4.79 Å². The van der Waals surface area contributed by atoms with Crippen LogP contribution in [0.15, 0.2) is 29.7 Å². The molecule has 0 bridgehead atoms. The van der Waals surface area contributed by atoms with Gasteiger partial charge >= 0.3 is 0 Å². The first kappa shape index (κ1) is 20.3. The van der Waals surface area contributed by atoms with Gasteiger partial charge < -0.3 is 14.4 Å². The molecule has 0 radical (unpaired) electrons. The van der Waals surface area contributed by atoms with E-state index in [4.69, 9.17) is 9.47 Å². The topological polar surface area (TPSA) is 72.9 Å². The van der Waals surface area contributed by atoms with Crippen molar-refractivity contribution in [1.82, 2.24) is 4.90 Å². The first-order chi connectivity index (χ1) is 13.8. The highest BCUT2D eigenvalue weighted by molar-refractivity contribution is 7.94. The molecule has 3 aliphatic rings. The molecule has 1 amide bonds. The molecule has 158 valence electrons. The quantitative estimate of drug-likeness (QED) is 0.730. The molecule has 4 rings (SSSR count). The van der Waals surface area contributed by atoms with E-state index in [1.165, 1.54) is 11.8 Å². The molecule has 2 aliphatic heterocycles. The van der Waals surface area contributed by atoms with Crippen LogP contribution >= 0.6 is 0 Å². The summed E-state index contributed by atoms with van der Waals surface area (Å²) in [6, 6.07) is 5.97. The van der Waals surface area contributed by atoms with Crippen LogP contribution in [0.3, 0.4) is 0 Å². The molecule has 1 fully saturated rings. The van der Waals surface area contributed by atoms with Crippen LogP contribution in [-0.2, 0) is 21.2 Å². The summed E-state index contributed by atoms with van der Waals surface area (Å²) in [4.78, 5) is 15.3. The van der Waals surface area contributed by atoms with Crippen LogP contribution in [0.2, 0.25) is 0 Å². The summed E-state index contributed by atoms with van der Waals surface area (Å²) in [7, 11) is -3.16. The summed E-state index contributed by atoms with van der Waals surface area (Å²) >= 11 is 0. The Kier molecular flexibility index (Phi) is 5.60. The number of hydrogen-bond acceptors (Lipinski definition) is 5. The Bertz CT molecular complexity index is 910. The van der Waals surface area contributed by atoms with Crippen molar-refractivity contribution in [2.24, 2.45) is 17.8 Å². The monoisotopic (exact) mass is 419 g/mol. The predicted octanol–water partition coefficient (Wildman–Crippen LogP) is 3.52. The number of nitrogens with zero attached hydrogens (tertiary/aromatic N) is 1. The molecule has 0 aromatic heterocycles. The van der Waals surface area contributed by atoms with Crippen molar-refractivity contribution in [3.05, 3.63) is 35.2 Å². The molecule has 0 saturated heterocycles. The molecular formula is C22H29NO5S. The molecule has 6 nitrogen and oxygen atoms in total. The zero-order chi connectivity index (χ0) is 20.6. The number of rotatable bonds is 5. The van der Waals surface area contributed by atoms with Gasteiger partial charge in [0.2, 0.25) is 12.7 Å². The molecule has 1 aliphatic carbocycles. The number of carbonyl (C=O) groups excluding carboxylic acids is 1. The normalized spacial score (nSPS) is 29.7. The fraction of sp³-hybridized carbons (Fsp3) is 0.591. The Labute approximate surface area is 172 Å². The fourth-order valence-corrected chi connectivity index (χ4v) is 6.13. The largest absolute Gasteiger partial charge is 0.454 e. The highest BCUT2D eigenvalue weighted by atomic mass is 32.2. The molecule has 4 unspecified atom stereocenters. The lowest BCUT2D eigenvalue weighted by Gasteiger charge is -2.42. The third-order valence-electron chi connectivity index (χ3n) is 6.62. The van der Waals surface area contributed by atoms with E-state index in [2.05, 4.69) is 13.8 Å². The lowest BCUT2D eigenvalue weighted by atomic mass is 9.77. The summed E-state index contributed by atoms with van der Waals surface area (Å²) < 4.78 is 34.4. The number of benzene rings is 1. The number of allylic oxidation sites excluding steroid dienone is 1. The second-order valence-electron chi connectivity index (χ2n) is 8.67. The van der Waals surface area contributed by atoms with Gasteiger partial charge in [-0.05, 0) is 36.0 Å². The van der Waals surface area contributed by atoms with Crippen LogP contribution in [0.4, 0.5) is 0 Å². The first-order valence-electron chi connectivity index (χ1n) is 10.4. The minimum atomic E-state index is -3.16. The Morgan fingerprint density at radius 2 is 1.97 bits per heavy atom. The molecule has 1 aromatic rings. The number of carbonyl (C=O) groups is 1. The molecule has 2 heterocycles. The summed E-state index contributed by atoms with van der Waals surface area (Å²) in [5.41, 5.74) is 1.00. The maximum absolute atomic E-state index is 13.3. The van der Waals surface area contributed by atoms with Gasteiger partial charge in [-0.15, -0.1) is 0 Å². The maximum Gasteiger partial charge on any atom is 0.231 e. The number of ether oxygens (including phenoxy) is 2. The number of fused-ring (bicyclic) bond motifs is 1. The number of sulfone groups is 1. The van der Waals surface area contributed by atoms with E-state index in [0.717, 1.165) is 24.2 Å². The van der Waals surface area contributed by atoms with E-state index in [9.17, 15) is 13.2 Å². The molecule has 1 aromatic carbocycles. The molecule has 0 N–H and O–H groups in total. The molecular weight excluding hydrogens is 390 g/mol. The lowest BCUT2D eigenvalue weighted by Crippen LogP contribution is -2.47. The fourth-order valence-electron chi connectivity index (χ4n) is 4.73. The smallest absolute Gasteiger partial charge is 0.231 e. The summed E-state index contributed by atoms with van der Waals surface area (Å²) in [6.07, 6.45) is 5.18. The van der Waals surface area contributed by atoms with E-state index in [-0.39, 0.29) is 36.8 Å². The Balaban J connectivity index is 1.55. The highest BCUT2D eigenvalue weighted by Crippen LogP contribution is 2.36. The van der Waals surface area contributed by atoms with Crippen LogP contribution in [0.25, 0.3) is 0 Å². The Morgan fingerprint density at radius 1 is 1.17 bits per heavy atom. The van der Waals surface area contributed by atoms with Crippen molar-refractivity contribution in [3.63, 3.8) is 0 Å². The van der Waals surface area contributed by atoms with E-state index in [1.54, 1.807) is 6.08 Å². The molecule has 0 spiro atoms. The SMILES string of the molecule is CC1CCCC(N(Cc2ccc3c(c2)OCO3)C(=O)CC2C=CS(=O)(=O)C2)C1C. The van der Waals surface area contributed by atoms with Crippen molar-refractivity contribution in [2.75, 3.05) is 12.5 Å². The van der Waals surface area contributed by atoms with Crippen molar-refractivity contribution >= 4 is 15.7 Å². The second kappa shape index (κ2) is 8.01. The van der Waals surface area contributed by atoms with Crippen LogP contribution in [-0.4, -0.2) is 37.8 Å². The Hall–Kier alpha value is -2.02. The van der Waals surface area contributed by atoms with Crippen LogP contribution in [0.1, 0.15) is 45.1 Å². The third-order valence-corrected chi connectivity index (χ3v) is 8.08. The predicted molar refractivity (Wildman–Crippen MR) is 110 cm³/mol. The zero-order valence-corrected chi connectivity index (χ0v) is 17.9. The van der Waals surface area contributed by atoms with Crippen molar-refractivity contribution in [2.45, 2.75) is 52.1 Å². The van der Waals surface area contributed by atoms with Crippen molar-refractivity contribution in [1.29, 1.82) is 0 Å². The summed E-state index contributed by atoms with van der Waals surface area (Å²) in [6.45, 7) is 5.21. The van der Waals surface area contributed by atoms with Crippen LogP contribution < -0.4 is 9.47 Å². The van der Waals surface area contributed by atoms with Crippen LogP contribution in [0, 0.1) is 17.8 Å². The summed E-state index contributed by atoms with van der Waals surface area (Å²) in [5.74, 6) is 2.24. The van der Waals surface area contributed by atoms with E-state index < -0.39 is 9.84 Å². The van der Waals surface area contributed by atoms with Crippen molar-refractivity contribution in [3.8, 4) is 11.5 Å². The minimum absolute atomic E-state index is 0.0281. The van der Waals surface area contributed by atoms with Crippen molar-refractivity contribution < 1.29 is 22.7 Å². The number of hydrogen-bond donors (Lipinski definition) is 0. The standard InChI is InChI=1S/C22H29NO5S/c1-15-4-3-5-19(16(15)2)23(22(24)11-18-8-9-29(25,26)13-18)12-17-6-7-20-21(10-17)28-14-27-20/h6-10,15-16,18-19H,3-5,11-14H2,1-2H3. The first-order valence-corrected chi connectivity index (χ1v) is 12.1. The van der Waals surface area contributed by atoms with Gasteiger partial charge in [-0.1, -0.05) is 38.8 Å². The van der Waals surface area contributed by atoms with Gasteiger partial charge in [0.15, 0.2) is 21.3 Å². The van der Waals surface area contributed by atoms with Gasteiger partial charge in [0.1, 0.15) is 0 Å². The van der Waals surface area contributed by atoms with Crippen LogP contribution in [0.5, 0.6) is 11.5 Å². The average Bonchev–Trinajstić information content (AvgIpc) is 3.27. The highest BCUT2D eigenvalue weighted by Gasteiger charge is 2.35. The van der Waals surface area contributed by atoms with E-state index in [0.29, 0.717) is 24.1 Å². The molecule has 7 heteroatoms. The van der Waals surface area contributed by atoms with Gasteiger partial charge in [0.05, 0.1) is 5.75 Å². The number of amides is 1. The summed E-state index contributed by atoms with van der Waals surface area (Å²) in [5, 5.41) is 1.25. The maximum atomic E-state index is 13.3. The Morgan fingerprint density at radius 3 is 2.72 bits per heavy atom. The molecule has 4 atom stereocenters. The zero-order valence-electron chi connectivity index (χ0n) is 17.0. The minimum Gasteiger partial charge on any atom is -0.454 e. The second-order valence-corrected chi connectivity index (χ2v) is 10.6. The van der Waals surface area contributed by atoms with Gasteiger partial charge in [0, 0.05) is 30.3 Å². The molecule has 1 saturated carbocycles. The van der Waals surface area contributed by atoms with Gasteiger partial charge in [0.25, 0.3) is 0 Å². The van der Waals surface area contributed by atoms with E-state index in [1.807, 2.05) is 23.1 Å². The van der Waals surface area contributed by atoms with Gasteiger partial charge in [-0.25, -0.2) is 8.42 Å². The third kappa shape index (κ3) is 4.44. The van der Waals surface area contributed by atoms with E-state index >= 15 is 0 Å².